The van der Waals surface area contributed by atoms with Gasteiger partial charge in [-0.2, -0.15) is 0 Å². The van der Waals surface area contributed by atoms with Crippen molar-refractivity contribution in [3.63, 3.8) is 0 Å². The van der Waals surface area contributed by atoms with Crippen molar-refractivity contribution in [3.05, 3.63) is 58.4 Å². The van der Waals surface area contributed by atoms with E-state index in [1.54, 1.807) is 6.07 Å². The summed E-state index contributed by atoms with van der Waals surface area (Å²) in [6.45, 7) is 7.28. The van der Waals surface area contributed by atoms with Crippen LogP contribution < -0.4 is 15.8 Å². The van der Waals surface area contributed by atoms with Crippen LogP contribution in [0.1, 0.15) is 26.7 Å². The summed E-state index contributed by atoms with van der Waals surface area (Å²) in [5, 5.41) is 3.10. The number of hydrogen-bond acceptors (Lipinski definition) is 5. The molecule has 1 aromatic heterocycles. The SMILES string of the molecule is CC(C)NC(=O)Cn1c(-c2cccc(F)c2F)nc2ccc(N3CCN4CCC3CC4)cc2c1=O. The molecule has 0 unspecified atom stereocenters. The summed E-state index contributed by atoms with van der Waals surface area (Å²) in [7, 11) is 0. The minimum atomic E-state index is -1.11. The highest BCUT2D eigenvalue weighted by atomic mass is 19.2. The third-order valence-corrected chi connectivity index (χ3v) is 6.87. The lowest BCUT2D eigenvalue weighted by Gasteiger charge is -2.33. The molecule has 184 valence electrons. The van der Waals surface area contributed by atoms with E-state index in [0.29, 0.717) is 16.9 Å². The van der Waals surface area contributed by atoms with Crippen molar-refractivity contribution in [2.45, 2.75) is 45.3 Å². The van der Waals surface area contributed by atoms with Crippen molar-refractivity contribution in [2.24, 2.45) is 0 Å². The molecule has 4 heterocycles. The van der Waals surface area contributed by atoms with E-state index >= 15 is 0 Å². The highest BCUT2D eigenvalue weighted by Gasteiger charge is 2.29. The molecule has 2 bridgehead atoms. The molecule has 1 N–H and O–H groups in total. The number of halogens is 2. The average molecular weight is 482 g/mol. The Balaban J connectivity index is 1.64. The van der Waals surface area contributed by atoms with Crippen LogP contribution in [0, 0.1) is 11.6 Å². The number of fused-ring (bicyclic) bond motifs is 5. The van der Waals surface area contributed by atoms with E-state index in [1.807, 2.05) is 26.0 Å². The Labute approximate surface area is 202 Å². The summed E-state index contributed by atoms with van der Waals surface area (Å²) < 4.78 is 29.9. The Morgan fingerprint density at radius 1 is 1.11 bits per heavy atom. The van der Waals surface area contributed by atoms with Gasteiger partial charge in [0.1, 0.15) is 12.4 Å². The first-order valence-corrected chi connectivity index (χ1v) is 12.1. The van der Waals surface area contributed by atoms with Crippen molar-refractivity contribution in [1.29, 1.82) is 0 Å². The van der Waals surface area contributed by atoms with E-state index in [-0.39, 0.29) is 24.0 Å². The number of anilines is 1. The number of aromatic nitrogens is 2. The monoisotopic (exact) mass is 481 g/mol. The van der Waals surface area contributed by atoms with E-state index in [4.69, 9.17) is 0 Å². The van der Waals surface area contributed by atoms with Crippen molar-refractivity contribution in [3.8, 4) is 11.4 Å². The predicted molar refractivity (Wildman–Crippen MR) is 131 cm³/mol. The second-order valence-corrected chi connectivity index (χ2v) is 9.62. The van der Waals surface area contributed by atoms with Crippen LogP contribution in [-0.4, -0.2) is 58.6 Å². The molecule has 0 radical (unpaired) electrons. The van der Waals surface area contributed by atoms with Gasteiger partial charge >= 0.3 is 0 Å². The van der Waals surface area contributed by atoms with E-state index in [2.05, 4.69) is 20.1 Å². The van der Waals surface area contributed by atoms with Gasteiger partial charge in [0.15, 0.2) is 11.6 Å². The van der Waals surface area contributed by atoms with Crippen LogP contribution in [0.3, 0.4) is 0 Å². The highest BCUT2D eigenvalue weighted by Crippen LogP contribution is 2.29. The fourth-order valence-corrected chi connectivity index (χ4v) is 5.15. The molecular formula is C26H29F2N5O2. The molecule has 0 saturated carbocycles. The molecule has 0 atom stereocenters. The van der Waals surface area contributed by atoms with Crippen LogP contribution in [-0.2, 0) is 11.3 Å². The second kappa shape index (κ2) is 9.37. The molecule has 35 heavy (non-hydrogen) atoms. The van der Waals surface area contributed by atoms with Gasteiger partial charge in [-0.1, -0.05) is 6.07 Å². The highest BCUT2D eigenvalue weighted by molar-refractivity contribution is 5.85. The van der Waals surface area contributed by atoms with Gasteiger partial charge in [0.2, 0.25) is 5.91 Å². The van der Waals surface area contributed by atoms with Crippen LogP contribution in [0.2, 0.25) is 0 Å². The number of benzene rings is 2. The van der Waals surface area contributed by atoms with Gasteiger partial charge in [0, 0.05) is 44.0 Å². The molecule has 0 spiro atoms. The Morgan fingerprint density at radius 3 is 2.63 bits per heavy atom. The summed E-state index contributed by atoms with van der Waals surface area (Å²) in [6, 6.07) is 9.51. The molecule has 7 nitrogen and oxygen atoms in total. The molecule has 6 rings (SSSR count). The van der Waals surface area contributed by atoms with E-state index in [0.717, 1.165) is 55.3 Å². The first-order valence-electron chi connectivity index (χ1n) is 12.1. The van der Waals surface area contributed by atoms with Gasteiger partial charge in [-0.15, -0.1) is 0 Å². The lowest BCUT2D eigenvalue weighted by atomic mass is 10.0. The largest absolute Gasteiger partial charge is 0.367 e. The van der Waals surface area contributed by atoms with Crippen molar-refractivity contribution in [1.82, 2.24) is 19.8 Å². The summed E-state index contributed by atoms with van der Waals surface area (Å²) >= 11 is 0. The zero-order valence-electron chi connectivity index (χ0n) is 19.9. The number of piperidine rings is 1. The van der Waals surface area contributed by atoms with Gasteiger partial charge in [-0.05, 0) is 57.0 Å². The molecule has 3 fully saturated rings. The first kappa shape index (κ1) is 23.4. The van der Waals surface area contributed by atoms with E-state index in [1.165, 1.54) is 12.1 Å². The van der Waals surface area contributed by atoms with Crippen LogP contribution in [0.5, 0.6) is 0 Å². The van der Waals surface area contributed by atoms with E-state index < -0.39 is 23.1 Å². The number of nitrogens with one attached hydrogen (secondary N) is 1. The normalized spacial score (nSPS) is 19.9. The van der Waals surface area contributed by atoms with Crippen molar-refractivity contribution in [2.75, 3.05) is 31.1 Å². The van der Waals surface area contributed by atoms with Crippen LogP contribution in [0.15, 0.2) is 41.2 Å². The molecule has 0 aliphatic carbocycles. The van der Waals surface area contributed by atoms with Crippen LogP contribution >= 0.6 is 0 Å². The fourth-order valence-electron chi connectivity index (χ4n) is 5.15. The quantitative estimate of drug-likeness (QED) is 0.606. The molecule has 2 aromatic carbocycles. The third kappa shape index (κ3) is 4.52. The second-order valence-electron chi connectivity index (χ2n) is 9.62. The number of carbonyl (C=O) groups is 1. The summed E-state index contributed by atoms with van der Waals surface area (Å²) in [5.74, 6) is -2.63. The summed E-state index contributed by atoms with van der Waals surface area (Å²) in [4.78, 5) is 35.7. The van der Waals surface area contributed by atoms with Gasteiger partial charge in [-0.3, -0.25) is 14.2 Å². The fraction of sp³-hybridized carbons (Fsp3) is 0.423. The minimum absolute atomic E-state index is 0.0765. The third-order valence-electron chi connectivity index (χ3n) is 6.87. The minimum Gasteiger partial charge on any atom is -0.367 e. The maximum atomic E-state index is 14.7. The molecule has 3 saturated heterocycles. The Kier molecular flexibility index (Phi) is 6.27. The van der Waals surface area contributed by atoms with Gasteiger partial charge in [-0.25, -0.2) is 13.8 Å². The van der Waals surface area contributed by atoms with Gasteiger partial charge in [0.05, 0.1) is 16.5 Å². The van der Waals surface area contributed by atoms with Crippen LogP contribution in [0.25, 0.3) is 22.3 Å². The summed E-state index contributed by atoms with van der Waals surface area (Å²) in [5.41, 5.74) is 0.690. The smallest absolute Gasteiger partial charge is 0.262 e. The predicted octanol–water partition coefficient (Wildman–Crippen LogP) is 3.15. The van der Waals surface area contributed by atoms with Gasteiger partial charge in [0.25, 0.3) is 5.56 Å². The van der Waals surface area contributed by atoms with Crippen molar-refractivity contribution < 1.29 is 13.6 Å². The Hall–Kier alpha value is -3.33. The number of hydrogen-bond donors (Lipinski definition) is 1. The Bertz CT molecular complexity index is 1330. The average Bonchev–Trinajstić information content (AvgIpc) is 3.16. The molecule has 3 aromatic rings. The molecule has 9 heteroatoms. The Morgan fingerprint density at radius 2 is 1.89 bits per heavy atom. The number of rotatable bonds is 5. The van der Waals surface area contributed by atoms with Crippen LogP contribution in [0.4, 0.5) is 14.5 Å². The first-order chi connectivity index (χ1) is 16.8. The van der Waals surface area contributed by atoms with E-state index in [9.17, 15) is 18.4 Å². The maximum absolute atomic E-state index is 14.7. The number of amides is 1. The number of carbonyl (C=O) groups excluding carboxylic acids is 1. The lowest BCUT2D eigenvalue weighted by molar-refractivity contribution is -0.122. The lowest BCUT2D eigenvalue weighted by Crippen LogP contribution is -2.38. The molecule has 3 aliphatic rings. The zero-order chi connectivity index (χ0) is 24.7. The van der Waals surface area contributed by atoms with Gasteiger partial charge < -0.3 is 15.1 Å². The maximum Gasteiger partial charge on any atom is 0.262 e. The summed E-state index contributed by atoms with van der Waals surface area (Å²) in [6.07, 6.45) is 2.15. The number of nitrogens with zero attached hydrogens (tertiary/aromatic N) is 4. The van der Waals surface area contributed by atoms with Crippen molar-refractivity contribution >= 4 is 22.5 Å². The molecular weight excluding hydrogens is 452 g/mol. The standard InChI is InChI=1S/C26H29F2N5O2/c1-16(2)29-23(34)15-33-25(19-4-3-5-21(27)24(19)28)30-22-7-6-18(14-20(22)26(33)35)32-13-12-31-10-8-17(32)9-11-31/h3-7,14,16-17H,8-13,15H2,1-2H3,(H,29,34). The zero-order valence-corrected chi connectivity index (χ0v) is 19.9. The topological polar surface area (TPSA) is 70.5 Å². The molecule has 3 aliphatic heterocycles. The molecule has 1 amide bonds.